The Morgan fingerprint density at radius 1 is 1.09 bits per heavy atom. The first-order chi connectivity index (χ1) is 16.6. The molecule has 2 aromatic carbocycles. The number of benzene rings is 2. The van der Waals surface area contributed by atoms with Crippen LogP contribution in [0.4, 0.5) is 5.69 Å². The van der Waals surface area contributed by atoms with Crippen molar-refractivity contribution in [1.82, 2.24) is 0 Å². The molecule has 1 atom stereocenters. The summed E-state index contributed by atoms with van der Waals surface area (Å²) in [4.78, 5) is 28.1. The van der Waals surface area contributed by atoms with Crippen LogP contribution in [0.15, 0.2) is 70.9 Å². The first-order valence-electron chi connectivity index (χ1n) is 11.8. The van der Waals surface area contributed by atoms with Gasteiger partial charge in [0.05, 0.1) is 18.4 Å². The van der Waals surface area contributed by atoms with Gasteiger partial charge in [-0.1, -0.05) is 45.9 Å². The number of amides is 1. The maximum atomic E-state index is 13.4. The molecule has 1 N–H and O–H groups in total. The Kier molecular flexibility index (Phi) is 6.57. The number of carbonyl (C=O) groups is 2. The molecule has 0 aliphatic carbocycles. The zero-order valence-electron chi connectivity index (χ0n) is 20.8. The molecule has 0 spiro atoms. The Morgan fingerprint density at radius 3 is 2.51 bits per heavy atom. The van der Waals surface area contributed by atoms with Crippen LogP contribution in [0, 0.1) is 6.92 Å². The summed E-state index contributed by atoms with van der Waals surface area (Å²) in [5.41, 5.74) is 2.66. The van der Waals surface area contributed by atoms with Crippen molar-refractivity contribution in [3.8, 4) is 5.75 Å². The minimum Gasteiger partial charge on any atom is -0.507 e. The molecular weight excluding hydrogens is 442 g/mol. The van der Waals surface area contributed by atoms with Crippen LogP contribution in [0.2, 0.25) is 0 Å². The average molecular weight is 474 g/mol. The maximum Gasteiger partial charge on any atom is 0.300 e. The van der Waals surface area contributed by atoms with Gasteiger partial charge in [-0.15, -0.1) is 0 Å². The molecule has 1 fully saturated rings. The SMILES string of the molecule is CCCOc1cccc(N2C(=O)C(=O)/C(=C(/O)c3cc(C(C)(C)C)ccc3C)C2c2ccco2)c1. The van der Waals surface area contributed by atoms with Crippen molar-refractivity contribution in [2.24, 2.45) is 0 Å². The molecule has 0 bridgehead atoms. The second-order valence-electron chi connectivity index (χ2n) is 9.81. The van der Waals surface area contributed by atoms with E-state index in [4.69, 9.17) is 9.15 Å². The van der Waals surface area contributed by atoms with Crippen LogP contribution in [-0.4, -0.2) is 23.4 Å². The normalized spacial score (nSPS) is 17.7. The lowest BCUT2D eigenvalue weighted by Gasteiger charge is -2.24. The highest BCUT2D eigenvalue weighted by molar-refractivity contribution is 6.51. The minimum atomic E-state index is -0.913. The van der Waals surface area contributed by atoms with Crippen LogP contribution in [0.5, 0.6) is 5.75 Å². The molecule has 182 valence electrons. The molecule has 4 rings (SSSR count). The van der Waals surface area contributed by atoms with Gasteiger partial charge in [-0.2, -0.15) is 0 Å². The second kappa shape index (κ2) is 9.45. The average Bonchev–Trinajstić information content (AvgIpc) is 3.44. The third kappa shape index (κ3) is 4.61. The standard InChI is InChI=1S/C29H31NO5/c1-6-14-34-21-10-7-9-20(17-21)30-25(23-11-8-15-35-23)24(27(32)28(30)33)26(31)22-16-19(29(3,4)5)13-12-18(22)2/h7-13,15-17,25,31H,6,14H2,1-5H3/b26-24+. The number of aryl methyl sites for hydroxylation is 1. The molecule has 6 nitrogen and oxygen atoms in total. The minimum absolute atomic E-state index is 0.000936. The monoisotopic (exact) mass is 473 g/mol. The van der Waals surface area contributed by atoms with E-state index in [0.717, 1.165) is 17.5 Å². The van der Waals surface area contributed by atoms with Gasteiger partial charge < -0.3 is 14.3 Å². The fourth-order valence-corrected chi connectivity index (χ4v) is 4.25. The highest BCUT2D eigenvalue weighted by atomic mass is 16.5. The quantitative estimate of drug-likeness (QED) is 0.258. The van der Waals surface area contributed by atoms with Crippen molar-refractivity contribution in [2.45, 2.75) is 52.5 Å². The molecular formula is C29H31NO5. The molecule has 1 amide bonds. The van der Waals surface area contributed by atoms with Gasteiger partial charge in [0.15, 0.2) is 0 Å². The summed E-state index contributed by atoms with van der Waals surface area (Å²) in [6, 6.07) is 15.3. The molecule has 2 heterocycles. The third-order valence-corrected chi connectivity index (χ3v) is 6.18. The zero-order chi connectivity index (χ0) is 25.3. The summed E-state index contributed by atoms with van der Waals surface area (Å²) >= 11 is 0. The molecule has 1 unspecified atom stereocenters. The van der Waals surface area contributed by atoms with Crippen LogP contribution < -0.4 is 9.64 Å². The second-order valence-corrected chi connectivity index (χ2v) is 9.81. The van der Waals surface area contributed by atoms with Gasteiger partial charge in [-0.25, -0.2) is 0 Å². The molecule has 0 saturated carbocycles. The number of aliphatic hydroxyl groups excluding tert-OH is 1. The molecule has 0 radical (unpaired) electrons. The van der Waals surface area contributed by atoms with Crippen LogP contribution in [-0.2, 0) is 15.0 Å². The summed E-state index contributed by atoms with van der Waals surface area (Å²) in [6.45, 7) is 10.7. The van der Waals surface area contributed by atoms with E-state index >= 15 is 0 Å². The molecule has 6 heteroatoms. The summed E-state index contributed by atoms with van der Waals surface area (Å²) in [5, 5.41) is 11.5. The molecule has 3 aromatic rings. The first kappa shape index (κ1) is 24.3. The summed E-state index contributed by atoms with van der Waals surface area (Å²) < 4.78 is 11.4. The molecule has 1 aromatic heterocycles. The predicted molar refractivity (Wildman–Crippen MR) is 136 cm³/mol. The summed E-state index contributed by atoms with van der Waals surface area (Å²) in [5.74, 6) is -0.725. The van der Waals surface area contributed by atoms with Crippen molar-refractivity contribution in [3.05, 3.63) is 88.9 Å². The molecule has 1 aliphatic rings. The topological polar surface area (TPSA) is 80.0 Å². The maximum absolute atomic E-state index is 13.4. The van der Waals surface area contributed by atoms with Crippen molar-refractivity contribution in [3.63, 3.8) is 0 Å². The Labute approximate surface area is 205 Å². The van der Waals surface area contributed by atoms with E-state index in [1.807, 2.05) is 32.0 Å². The van der Waals surface area contributed by atoms with Crippen molar-refractivity contribution in [1.29, 1.82) is 0 Å². The van der Waals surface area contributed by atoms with Gasteiger partial charge in [0.1, 0.15) is 23.3 Å². The van der Waals surface area contributed by atoms with Crippen molar-refractivity contribution in [2.75, 3.05) is 11.5 Å². The highest BCUT2D eigenvalue weighted by Crippen LogP contribution is 2.43. The molecule has 1 saturated heterocycles. The third-order valence-electron chi connectivity index (χ3n) is 6.18. The predicted octanol–water partition coefficient (Wildman–Crippen LogP) is 6.30. The zero-order valence-corrected chi connectivity index (χ0v) is 20.8. The van der Waals surface area contributed by atoms with Gasteiger partial charge in [0.2, 0.25) is 0 Å². The number of rotatable bonds is 6. The summed E-state index contributed by atoms with van der Waals surface area (Å²) in [6.07, 6.45) is 2.33. The largest absolute Gasteiger partial charge is 0.507 e. The Morgan fingerprint density at radius 2 is 1.86 bits per heavy atom. The highest BCUT2D eigenvalue weighted by Gasteiger charge is 2.48. The van der Waals surface area contributed by atoms with E-state index in [0.29, 0.717) is 29.4 Å². The Balaban J connectivity index is 1.89. The number of ether oxygens (including phenoxy) is 1. The number of ketones is 1. The van der Waals surface area contributed by atoms with E-state index < -0.39 is 17.7 Å². The first-order valence-corrected chi connectivity index (χ1v) is 11.8. The van der Waals surface area contributed by atoms with Crippen molar-refractivity contribution >= 4 is 23.1 Å². The van der Waals surface area contributed by atoms with Gasteiger partial charge in [-0.05, 0) is 60.2 Å². The van der Waals surface area contributed by atoms with Crippen molar-refractivity contribution < 1.29 is 23.8 Å². The van der Waals surface area contributed by atoms with Crippen LogP contribution in [0.1, 0.15) is 62.6 Å². The number of hydrogen-bond acceptors (Lipinski definition) is 5. The Hall–Kier alpha value is -3.80. The van der Waals surface area contributed by atoms with E-state index in [9.17, 15) is 14.7 Å². The number of Topliss-reactive ketones (excluding diaryl/α,β-unsaturated/α-hetero) is 1. The Bertz CT molecular complexity index is 1280. The van der Waals surface area contributed by atoms with E-state index in [1.54, 1.807) is 36.4 Å². The van der Waals surface area contributed by atoms with Gasteiger partial charge in [0, 0.05) is 17.3 Å². The van der Waals surface area contributed by atoms with E-state index in [2.05, 4.69) is 20.8 Å². The number of nitrogens with zero attached hydrogens (tertiary/aromatic N) is 1. The van der Waals surface area contributed by atoms with Crippen LogP contribution >= 0.6 is 0 Å². The molecule has 35 heavy (non-hydrogen) atoms. The fourth-order valence-electron chi connectivity index (χ4n) is 4.25. The smallest absolute Gasteiger partial charge is 0.300 e. The van der Waals surface area contributed by atoms with E-state index in [-0.39, 0.29) is 16.7 Å². The van der Waals surface area contributed by atoms with Gasteiger partial charge >= 0.3 is 0 Å². The van der Waals surface area contributed by atoms with Crippen LogP contribution in [0.25, 0.3) is 5.76 Å². The lowest BCUT2D eigenvalue weighted by molar-refractivity contribution is -0.132. The van der Waals surface area contributed by atoms with Gasteiger partial charge in [0.25, 0.3) is 11.7 Å². The lowest BCUT2D eigenvalue weighted by Crippen LogP contribution is -2.29. The van der Waals surface area contributed by atoms with Gasteiger partial charge in [-0.3, -0.25) is 14.5 Å². The fraction of sp³-hybridized carbons (Fsp3) is 0.310. The number of aliphatic hydroxyl groups is 1. The molecule has 1 aliphatic heterocycles. The number of carbonyl (C=O) groups excluding carboxylic acids is 2. The lowest BCUT2D eigenvalue weighted by atomic mass is 9.84. The number of anilines is 1. The van der Waals surface area contributed by atoms with E-state index in [1.165, 1.54) is 11.2 Å². The van der Waals surface area contributed by atoms with Crippen LogP contribution in [0.3, 0.4) is 0 Å². The number of hydrogen-bond donors (Lipinski definition) is 1. The number of furan rings is 1. The summed E-state index contributed by atoms with van der Waals surface area (Å²) in [7, 11) is 0.